The highest BCUT2D eigenvalue weighted by atomic mass is 17.1. The van der Waals surface area contributed by atoms with Gasteiger partial charge in [0.25, 0.3) is 0 Å². The van der Waals surface area contributed by atoms with E-state index in [0.29, 0.717) is 40.3 Å². The Balaban J connectivity index is -0.000000279. The third kappa shape index (κ3) is 32.1. The Hall–Kier alpha value is -3.72. The van der Waals surface area contributed by atoms with Crippen LogP contribution < -0.4 is 0 Å². The van der Waals surface area contributed by atoms with Crippen molar-refractivity contribution in [3.63, 3.8) is 0 Å². The molecule has 0 radical (unpaired) electrons. The topological polar surface area (TPSA) is 218 Å². The van der Waals surface area contributed by atoms with Crippen molar-refractivity contribution in [2.45, 2.75) is 570 Å². The summed E-state index contributed by atoms with van der Waals surface area (Å²) >= 11 is 0. The molecule has 14 rings (SSSR count). The van der Waals surface area contributed by atoms with E-state index < -0.39 is 22.4 Å². The molecule has 0 heterocycles. The number of carboxylic acids is 1. The lowest BCUT2D eigenvalue weighted by Crippen LogP contribution is -2.58. The number of rotatable bonds is 24. The van der Waals surface area contributed by atoms with E-state index in [-0.39, 0.29) is 211 Å². The molecule has 10 bridgehead atoms. The molecule has 133 heavy (non-hydrogen) atoms. The number of ether oxygens (including phenoxy) is 5. The van der Waals surface area contributed by atoms with E-state index in [1.807, 2.05) is 104 Å². The molecule has 15 heteroatoms. The molecule has 14 fully saturated rings. The number of carbonyl (C=O) groups excluding carboxylic acids is 5. The minimum Gasteiger partial charge on any atom is -0.481 e. The number of hydrogen-bond acceptors (Lipinski definition) is 14. The highest BCUT2D eigenvalue weighted by molar-refractivity contribution is 5.78. The van der Waals surface area contributed by atoms with Gasteiger partial charge < -0.3 is 38.8 Å². The number of unbranched alkanes of at least 4 members (excludes halogenated alkanes) is 2. The highest BCUT2D eigenvalue weighted by Gasteiger charge is 2.70. The summed E-state index contributed by atoms with van der Waals surface area (Å²) in [6.07, 6.45) is 47.1. The third-order valence-electron chi connectivity index (χ3n) is 37.4. The summed E-state index contributed by atoms with van der Waals surface area (Å²) < 4.78 is 29.5. The van der Waals surface area contributed by atoms with Crippen molar-refractivity contribution in [2.75, 3.05) is 6.61 Å². The smallest absolute Gasteiger partial charge is 0.312 e. The lowest BCUT2D eigenvalue weighted by molar-refractivity contribution is -0.221. The largest absolute Gasteiger partial charge is 0.481 e. The molecular formula is C118H236O15. The Morgan fingerprint density at radius 3 is 1.28 bits per heavy atom. The van der Waals surface area contributed by atoms with Crippen molar-refractivity contribution in [1.29, 1.82) is 0 Å². The van der Waals surface area contributed by atoms with Gasteiger partial charge in [-0.3, -0.25) is 28.8 Å². The van der Waals surface area contributed by atoms with Gasteiger partial charge in [0.2, 0.25) is 0 Å². The first-order valence-electron chi connectivity index (χ1n) is 50.3. The Morgan fingerprint density at radius 1 is 0.436 bits per heavy atom. The Morgan fingerprint density at radius 2 is 0.865 bits per heavy atom. The second-order valence-electron chi connectivity index (χ2n) is 46.9. The van der Waals surface area contributed by atoms with Gasteiger partial charge in [0.15, 0.2) is 0 Å². The van der Waals surface area contributed by atoms with E-state index in [9.17, 15) is 33.9 Å². The Kier molecular flexibility index (Phi) is 62.1. The standard InChI is InChI=1S/C22H40O3.C19H34O2.C18H30O4.2C15H26O2.C10H16.C5H10O2.C2H6.12CH4/c1-8-19(2,3)18(23)25-15-22(24)17-12-9-11-16(17)20(4,5)13-10-14-21(22,6)7;1-5-7-8-9-18-10-13-19(14-11-18,15-12-18)21-16(20)17(3,4)6-2;1-8-16(3,4)15(19)21-14-13(11(2)22-20)12-9-10-18(14,7)17(12,5)6;1-6-10(2)13(16)17-12-9-11-7-8-15(12,5)14(11,3)4;1-4-15(2,3)14(16)17-13-11-7-5-8-12(13)10-6-9-11;1-2-9-7-4-5-8(6-7)10(9)3-1;1-3-4(2)5(6)7;1-2;;;;;;;;;;;;/h16-17,24H,8-15H2,1-7H3;5-15H2,1-4H3;12-14,20H,2,8-10H2,1,3-7H3;10-12H,6-9H2,1-5H3;11-13H,4-10H2,1-3H3;7-10H,1-6H2;4H,3H2,1-2H3,(H,6,7);1-2H3;12*1H4. The molecule has 16 unspecified atom stereocenters. The van der Waals surface area contributed by atoms with Gasteiger partial charge in [0.05, 0.1) is 39.4 Å². The summed E-state index contributed by atoms with van der Waals surface area (Å²) in [4.78, 5) is 76.0. The maximum absolute atomic E-state index is 12.6. The molecule has 3 N–H and O–H groups in total. The summed E-state index contributed by atoms with van der Waals surface area (Å²) in [6, 6.07) is 0. The van der Waals surface area contributed by atoms with Crippen molar-refractivity contribution >= 4 is 35.8 Å². The molecule has 16 atom stereocenters. The first kappa shape index (κ1) is 142. The van der Waals surface area contributed by atoms with Crippen LogP contribution in [0.2, 0.25) is 0 Å². The Bertz CT molecular complexity index is 3250. The number of carboxylic acid groups (broad SMARTS) is 1. The molecule has 14 aliphatic carbocycles. The second kappa shape index (κ2) is 58.0. The predicted molar refractivity (Wildman–Crippen MR) is 572 cm³/mol. The summed E-state index contributed by atoms with van der Waals surface area (Å²) in [7, 11) is 0. The second-order valence-corrected chi connectivity index (χ2v) is 46.9. The summed E-state index contributed by atoms with van der Waals surface area (Å²) in [5.41, 5.74) is -1.69. The molecule has 0 aromatic heterocycles. The van der Waals surface area contributed by atoms with Crippen LogP contribution in [0.5, 0.6) is 0 Å². The van der Waals surface area contributed by atoms with Gasteiger partial charge in [-0.05, 0) is 341 Å². The van der Waals surface area contributed by atoms with Crippen LogP contribution in [-0.2, 0) is 57.3 Å². The fourth-order valence-corrected chi connectivity index (χ4v) is 24.7. The van der Waals surface area contributed by atoms with Crippen LogP contribution in [0.3, 0.4) is 0 Å². The van der Waals surface area contributed by atoms with Crippen LogP contribution in [0.15, 0.2) is 12.3 Å². The lowest BCUT2D eigenvalue weighted by atomic mass is 9.56. The number of fused-ring (bicyclic) bond motifs is 15. The molecule has 0 aromatic carbocycles. The highest BCUT2D eigenvalue weighted by Crippen LogP contribution is 2.71. The zero-order chi connectivity index (χ0) is 91.3. The van der Waals surface area contributed by atoms with E-state index >= 15 is 0 Å². The van der Waals surface area contributed by atoms with Crippen LogP contribution in [-0.4, -0.2) is 87.4 Å². The van der Waals surface area contributed by atoms with Gasteiger partial charge in [0, 0.05) is 10.8 Å². The SMILES string of the molecule is C.C.C.C.C.C.C.C.C.C.C.C.C1CC2C3CCC(C3)C2C1.C=C(OO)C1C2CCC(C)(C1OC(=O)C(C)(C)CC)C2(C)C.CC.CCC(C)(C)C(=O)OC1C2CCCC1CCC2.CCC(C)(C)C(=O)OCC1(O)C2CCCC2C(C)(C)CCCC1(C)C.CCC(C)C(=O)O.CCC(C)C(=O)OC1CC2CCC1(C)C2(C)C.CCCCCC12CCC(OC(=O)C(C)(C)CC)(CC1)CC2. The normalized spacial score (nSPS) is 32.1. The van der Waals surface area contributed by atoms with Crippen molar-refractivity contribution in [3.05, 3.63) is 12.3 Å². The molecule has 798 valence electrons. The van der Waals surface area contributed by atoms with Crippen molar-refractivity contribution < 1.29 is 72.8 Å². The van der Waals surface area contributed by atoms with Crippen molar-refractivity contribution in [2.24, 2.45) is 136 Å². The average Bonchev–Trinajstić information content (AvgIpc) is 1.45. The minimum atomic E-state index is -0.939. The quantitative estimate of drug-likeness (QED) is 0.0204. The average molecular weight is 1900 g/mol. The molecule has 0 aromatic rings. The van der Waals surface area contributed by atoms with Gasteiger partial charge in [-0.15, -0.1) is 0 Å². The number of aliphatic carboxylic acids is 1. The van der Waals surface area contributed by atoms with Crippen LogP contribution in [0, 0.1) is 136 Å². The van der Waals surface area contributed by atoms with Crippen LogP contribution >= 0.6 is 0 Å². The molecule has 14 aliphatic rings. The lowest BCUT2D eigenvalue weighted by Gasteiger charge is -2.53. The summed E-state index contributed by atoms with van der Waals surface area (Å²) in [5.74, 6) is 6.87. The van der Waals surface area contributed by atoms with Crippen LogP contribution in [0.1, 0.15) is 540 Å². The predicted octanol–water partition coefficient (Wildman–Crippen LogP) is 35.7. The number of esters is 5. The van der Waals surface area contributed by atoms with E-state index in [1.54, 1.807) is 45.4 Å². The van der Waals surface area contributed by atoms with E-state index in [4.69, 9.17) is 34.0 Å². The third-order valence-corrected chi connectivity index (χ3v) is 37.4. The van der Waals surface area contributed by atoms with Gasteiger partial charge in [0.1, 0.15) is 41.9 Å². The van der Waals surface area contributed by atoms with Gasteiger partial charge >= 0.3 is 35.8 Å². The first-order valence-corrected chi connectivity index (χ1v) is 50.3. The molecular weight excluding hydrogens is 1660 g/mol. The van der Waals surface area contributed by atoms with Gasteiger partial charge in [-0.2, -0.15) is 0 Å². The maximum Gasteiger partial charge on any atom is 0.312 e. The number of carbonyl (C=O) groups is 6. The summed E-state index contributed by atoms with van der Waals surface area (Å²) in [6.45, 7) is 64.3. The number of hydrogen-bond donors (Lipinski definition) is 3. The molecule has 0 aliphatic heterocycles. The maximum atomic E-state index is 12.6. The van der Waals surface area contributed by atoms with Crippen LogP contribution in [0.4, 0.5) is 0 Å². The molecule has 0 saturated heterocycles. The molecule has 0 spiro atoms. The van der Waals surface area contributed by atoms with E-state index in [0.717, 1.165) is 102 Å². The molecule has 0 amide bonds. The summed E-state index contributed by atoms with van der Waals surface area (Å²) in [5, 5.41) is 29.2. The minimum absolute atomic E-state index is 0. The Labute approximate surface area is 829 Å². The van der Waals surface area contributed by atoms with Gasteiger partial charge in [-0.1, -0.05) is 292 Å². The van der Waals surface area contributed by atoms with E-state index in [2.05, 4.69) is 101 Å². The fourth-order valence-electron chi connectivity index (χ4n) is 24.7. The molecule has 14 saturated carbocycles. The fraction of sp³-hybridized carbons (Fsp3) is 0.932. The van der Waals surface area contributed by atoms with Crippen molar-refractivity contribution in [1.82, 2.24) is 0 Å². The zero-order valence-corrected chi connectivity index (χ0v) is 83.5. The van der Waals surface area contributed by atoms with Crippen LogP contribution in [0.25, 0.3) is 0 Å². The molecule has 15 nitrogen and oxygen atoms in total. The van der Waals surface area contributed by atoms with Crippen molar-refractivity contribution in [3.8, 4) is 0 Å². The first-order chi connectivity index (χ1) is 56.3. The number of aliphatic hydroxyl groups is 1. The van der Waals surface area contributed by atoms with E-state index in [1.165, 1.54) is 139 Å². The monoisotopic (exact) mass is 1890 g/mol. The zero-order valence-electron chi connectivity index (χ0n) is 83.5. The van der Waals surface area contributed by atoms with Gasteiger partial charge in [-0.25, -0.2) is 5.26 Å².